The first-order valence-electron chi connectivity index (χ1n) is 7.37. The lowest BCUT2D eigenvalue weighted by Crippen LogP contribution is -2.26. The van der Waals surface area contributed by atoms with Crippen molar-refractivity contribution in [3.63, 3.8) is 0 Å². The van der Waals surface area contributed by atoms with Crippen LogP contribution in [-0.2, 0) is 0 Å². The van der Waals surface area contributed by atoms with Gasteiger partial charge in [-0.15, -0.1) is 0 Å². The highest BCUT2D eigenvalue weighted by molar-refractivity contribution is 5.77. The van der Waals surface area contributed by atoms with Crippen molar-refractivity contribution in [2.24, 2.45) is 5.92 Å². The zero-order valence-corrected chi connectivity index (χ0v) is 11.7. The van der Waals surface area contributed by atoms with E-state index in [9.17, 15) is 4.79 Å². The summed E-state index contributed by atoms with van der Waals surface area (Å²) in [7, 11) is 0. The molecular formula is C16H19N3O. The summed E-state index contributed by atoms with van der Waals surface area (Å²) >= 11 is 0. The topological polar surface area (TPSA) is 61.6 Å². The third-order valence-corrected chi connectivity index (χ3v) is 4.60. The van der Waals surface area contributed by atoms with Crippen LogP contribution in [-0.4, -0.2) is 9.55 Å². The van der Waals surface area contributed by atoms with Gasteiger partial charge in [-0.2, -0.15) is 5.26 Å². The van der Waals surface area contributed by atoms with Gasteiger partial charge in [-0.3, -0.25) is 4.57 Å². The fourth-order valence-electron chi connectivity index (χ4n) is 3.37. The Labute approximate surface area is 118 Å². The molecular weight excluding hydrogens is 250 g/mol. The van der Waals surface area contributed by atoms with Gasteiger partial charge < -0.3 is 4.98 Å². The minimum Gasteiger partial charge on any atom is -0.305 e. The van der Waals surface area contributed by atoms with E-state index < -0.39 is 0 Å². The molecule has 3 rings (SSSR count). The summed E-state index contributed by atoms with van der Waals surface area (Å²) in [6, 6.07) is 7.83. The molecule has 20 heavy (non-hydrogen) atoms. The van der Waals surface area contributed by atoms with E-state index in [1.165, 1.54) is 19.3 Å². The molecule has 0 spiro atoms. The number of benzene rings is 1. The number of rotatable bonds is 2. The molecule has 0 bridgehead atoms. The summed E-state index contributed by atoms with van der Waals surface area (Å²) in [5.74, 6) is 0.817. The van der Waals surface area contributed by atoms with Gasteiger partial charge in [0.05, 0.1) is 22.7 Å². The van der Waals surface area contributed by atoms with Crippen LogP contribution in [0, 0.1) is 17.2 Å². The molecule has 1 fully saturated rings. The maximum Gasteiger partial charge on any atom is 0.326 e. The van der Waals surface area contributed by atoms with Crippen LogP contribution in [0.4, 0.5) is 0 Å². The van der Waals surface area contributed by atoms with Crippen molar-refractivity contribution in [3.05, 3.63) is 34.2 Å². The Morgan fingerprint density at radius 3 is 2.75 bits per heavy atom. The minimum atomic E-state index is -0.0463. The van der Waals surface area contributed by atoms with Crippen molar-refractivity contribution in [1.82, 2.24) is 9.55 Å². The smallest absolute Gasteiger partial charge is 0.305 e. The molecule has 4 nitrogen and oxygen atoms in total. The molecule has 2 aromatic rings. The van der Waals surface area contributed by atoms with Gasteiger partial charge in [-0.1, -0.05) is 13.3 Å². The standard InChI is InChI=1S/C16H19N3O/c1-2-11-3-6-13(7-4-11)19-15-8-5-12(10-17)9-14(15)18-16(19)20/h5,8-9,11,13H,2-4,6-7H2,1H3,(H,18,20). The number of aromatic amines is 1. The number of hydrogen-bond acceptors (Lipinski definition) is 2. The van der Waals surface area contributed by atoms with Crippen molar-refractivity contribution < 1.29 is 0 Å². The molecule has 1 aromatic carbocycles. The van der Waals surface area contributed by atoms with Crippen LogP contribution in [0.25, 0.3) is 11.0 Å². The number of imidazole rings is 1. The van der Waals surface area contributed by atoms with Crippen LogP contribution in [0.2, 0.25) is 0 Å². The molecule has 1 aliphatic carbocycles. The molecule has 0 amide bonds. The maximum absolute atomic E-state index is 12.2. The predicted molar refractivity (Wildman–Crippen MR) is 78.6 cm³/mol. The van der Waals surface area contributed by atoms with Crippen LogP contribution < -0.4 is 5.69 Å². The van der Waals surface area contributed by atoms with E-state index in [0.717, 1.165) is 29.8 Å². The lowest BCUT2D eigenvalue weighted by atomic mass is 9.84. The van der Waals surface area contributed by atoms with E-state index in [-0.39, 0.29) is 5.69 Å². The van der Waals surface area contributed by atoms with Crippen LogP contribution in [0.1, 0.15) is 50.6 Å². The first-order chi connectivity index (χ1) is 9.72. The van der Waals surface area contributed by atoms with E-state index in [0.29, 0.717) is 11.6 Å². The van der Waals surface area contributed by atoms with E-state index in [1.807, 2.05) is 10.6 Å². The molecule has 1 aliphatic rings. The maximum atomic E-state index is 12.2. The number of H-pyrrole nitrogens is 1. The van der Waals surface area contributed by atoms with Gasteiger partial charge in [0, 0.05) is 6.04 Å². The monoisotopic (exact) mass is 269 g/mol. The zero-order chi connectivity index (χ0) is 14.1. The van der Waals surface area contributed by atoms with Crippen LogP contribution in [0.3, 0.4) is 0 Å². The highest BCUT2D eigenvalue weighted by Crippen LogP contribution is 2.34. The highest BCUT2D eigenvalue weighted by atomic mass is 16.1. The van der Waals surface area contributed by atoms with Crippen LogP contribution >= 0.6 is 0 Å². The first-order valence-corrected chi connectivity index (χ1v) is 7.37. The average Bonchev–Trinajstić information content (AvgIpc) is 2.82. The molecule has 0 atom stereocenters. The Hall–Kier alpha value is -2.02. The summed E-state index contributed by atoms with van der Waals surface area (Å²) in [5.41, 5.74) is 2.23. The number of nitrogens with zero attached hydrogens (tertiary/aromatic N) is 2. The fraction of sp³-hybridized carbons (Fsp3) is 0.500. The Morgan fingerprint density at radius 2 is 2.10 bits per heavy atom. The molecule has 4 heteroatoms. The van der Waals surface area contributed by atoms with Gasteiger partial charge in [0.1, 0.15) is 0 Å². The van der Waals surface area contributed by atoms with Crippen molar-refractivity contribution in [3.8, 4) is 6.07 Å². The number of aromatic nitrogens is 2. The molecule has 0 saturated heterocycles. The normalized spacial score (nSPS) is 22.8. The SMILES string of the molecule is CCC1CCC(n2c(=O)[nH]c3cc(C#N)ccc32)CC1. The highest BCUT2D eigenvalue weighted by Gasteiger charge is 2.24. The molecule has 0 unspecified atom stereocenters. The largest absolute Gasteiger partial charge is 0.326 e. The van der Waals surface area contributed by atoms with Gasteiger partial charge in [0.2, 0.25) is 0 Å². The molecule has 104 valence electrons. The van der Waals surface area contributed by atoms with Gasteiger partial charge >= 0.3 is 5.69 Å². The third kappa shape index (κ3) is 2.14. The van der Waals surface area contributed by atoms with E-state index in [4.69, 9.17) is 5.26 Å². The first kappa shape index (κ1) is 13.0. The quantitative estimate of drug-likeness (QED) is 0.908. The van der Waals surface area contributed by atoms with Crippen LogP contribution in [0.5, 0.6) is 0 Å². The van der Waals surface area contributed by atoms with Gasteiger partial charge in [0.25, 0.3) is 0 Å². The molecule has 1 aromatic heterocycles. The van der Waals surface area contributed by atoms with Crippen molar-refractivity contribution in [2.75, 3.05) is 0 Å². The number of fused-ring (bicyclic) bond motifs is 1. The number of nitrogens with one attached hydrogen (secondary N) is 1. The Bertz CT molecular complexity index is 711. The summed E-state index contributed by atoms with van der Waals surface area (Å²) in [5, 5.41) is 8.93. The lowest BCUT2D eigenvalue weighted by molar-refractivity contribution is 0.270. The van der Waals surface area contributed by atoms with Crippen molar-refractivity contribution >= 4 is 11.0 Å². The lowest BCUT2D eigenvalue weighted by Gasteiger charge is -2.28. The van der Waals surface area contributed by atoms with Gasteiger partial charge in [0.15, 0.2) is 0 Å². The summed E-state index contributed by atoms with van der Waals surface area (Å²) in [6.07, 6.45) is 5.80. The van der Waals surface area contributed by atoms with Gasteiger partial charge in [-0.25, -0.2) is 4.79 Å². The molecule has 1 heterocycles. The third-order valence-electron chi connectivity index (χ3n) is 4.60. The van der Waals surface area contributed by atoms with Gasteiger partial charge in [-0.05, 0) is 49.8 Å². The number of nitriles is 1. The van der Waals surface area contributed by atoms with E-state index in [2.05, 4.69) is 18.0 Å². The van der Waals surface area contributed by atoms with E-state index >= 15 is 0 Å². The van der Waals surface area contributed by atoms with Crippen molar-refractivity contribution in [2.45, 2.75) is 45.1 Å². The predicted octanol–water partition coefficient (Wildman–Crippen LogP) is 3.34. The second-order valence-corrected chi connectivity index (χ2v) is 5.73. The Morgan fingerprint density at radius 1 is 1.35 bits per heavy atom. The Balaban J connectivity index is 1.98. The second kappa shape index (κ2) is 5.16. The summed E-state index contributed by atoms with van der Waals surface area (Å²) in [6.45, 7) is 2.24. The molecule has 1 saturated carbocycles. The zero-order valence-electron chi connectivity index (χ0n) is 11.7. The van der Waals surface area contributed by atoms with Crippen LogP contribution in [0.15, 0.2) is 23.0 Å². The fourth-order valence-corrected chi connectivity index (χ4v) is 3.37. The van der Waals surface area contributed by atoms with E-state index in [1.54, 1.807) is 12.1 Å². The Kier molecular flexibility index (Phi) is 3.35. The summed E-state index contributed by atoms with van der Waals surface area (Å²) in [4.78, 5) is 15.1. The number of hydrogen-bond donors (Lipinski definition) is 1. The molecule has 0 radical (unpaired) electrons. The summed E-state index contributed by atoms with van der Waals surface area (Å²) < 4.78 is 1.89. The minimum absolute atomic E-state index is 0.0463. The average molecular weight is 269 g/mol. The molecule has 1 N–H and O–H groups in total. The van der Waals surface area contributed by atoms with Crippen molar-refractivity contribution in [1.29, 1.82) is 5.26 Å². The second-order valence-electron chi connectivity index (χ2n) is 5.73. The molecule has 0 aliphatic heterocycles.